The van der Waals surface area contributed by atoms with Crippen molar-refractivity contribution in [2.24, 2.45) is 0 Å². The number of aromatic nitrogens is 4. The van der Waals surface area contributed by atoms with Crippen LogP contribution in [0.3, 0.4) is 0 Å². The summed E-state index contributed by atoms with van der Waals surface area (Å²) in [5.41, 5.74) is 1.36. The van der Waals surface area contributed by atoms with Crippen molar-refractivity contribution in [1.29, 1.82) is 0 Å². The van der Waals surface area contributed by atoms with Gasteiger partial charge in [-0.25, -0.2) is 0 Å². The Labute approximate surface area is 110 Å². The third kappa shape index (κ3) is 2.03. The van der Waals surface area contributed by atoms with Crippen molar-refractivity contribution in [1.82, 2.24) is 19.2 Å². The highest BCUT2D eigenvalue weighted by Crippen LogP contribution is 2.03. The van der Waals surface area contributed by atoms with E-state index >= 15 is 0 Å². The minimum Gasteiger partial charge on any atom is -0.306 e. The second kappa shape index (κ2) is 4.68. The minimum absolute atomic E-state index is 0.112. The molecular weight excluding hydrogens is 240 g/mol. The molecule has 3 aromatic rings. The summed E-state index contributed by atoms with van der Waals surface area (Å²) in [6.45, 7) is 2.54. The molecule has 0 radical (unpaired) electrons. The molecular formula is C14H14N4O. The maximum absolute atomic E-state index is 12.3. The Morgan fingerprint density at radius 2 is 1.89 bits per heavy atom. The number of benzene rings is 1. The number of nitrogens with zero attached hydrogens (tertiary/aromatic N) is 4. The van der Waals surface area contributed by atoms with Gasteiger partial charge in [0.05, 0.1) is 6.54 Å². The molecule has 0 unspecified atom stereocenters. The predicted octanol–water partition coefficient (Wildman–Crippen LogP) is 1.50. The highest BCUT2D eigenvalue weighted by Gasteiger charge is 2.09. The van der Waals surface area contributed by atoms with Crippen molar-refractivity contribution in [2.45, 2.75) is 19.9 Å². The Hall–Kier alpha value is -2.43. The molecule has 1 aromatic carbocycles. The minimum atomic E-state index is -0.112. The molecule has 0 spiro atoms. The van der Waals surface area contributed by atoms with Crippen molar-refractivity contribution >= 4 is 5.65 Å². The molecule has 0 atom stereocenters. The number of rotatable bonds is 3. The maximum atomic E-state index is 12.3. The molecule has 0 bridgehead atoms. The van der Waals surface area contributed by atoms with E-state index in [4.69, 9.17) is 0 Å². The van der Waals surface area contributed by atoms with E-state index in [1.165, 1.54) is 0 Å². The van der Waals surface area contributed by atoms with Gasteiger partial charge in [-0.3, -0.25) is 9.20 Å². The first-order valence-electron chi connectivity index (χ1n) is 6.26. The van der Waals surface area contributed by atoms with E-state index in [1.54, 1.807) is 15.2 Å². The number of aryl methyl sites for hydroxylation is 1. The molecule has 19 heavy (non-hydrogen) atoms. The van der Waals surface area contributed by atoms with Crippen LogP contribution < -0.4 is 5.56 Å². The summed E-state index contributed by atoms with van der Waals surface area (Å²) in [5.74, 6) is 0.805. The van der Waals surface area contributed by atoms with Crippen LogP contribution in [0.1, 0.15) is 18.3 Å². The third-order valence-electron chi connectivity index (χ3n) is 3.13. The van der Waals surface area contributed by atoms with Crippen LogP contribution in [-0.2, 0) is 13.0 Å². The van der Waals surface area contributed by atoms with Crippen LogP contribution in [0, 0.1) is 0 Å². The standard InChI is InChI=1S/C14H14N4O/c1-2-12-15-16-13-14(19)17(8-9-18(12)13)10-11-6-4-3-5-7-11/h3-9H,2,10H2,1H3. The van der Waals surface area contributed by atoms with Crippen LogP contribution in [-0.4, -0.2) is 19.2 Å². The predicted molar refractivity (Wildman–Crippen MR) is 72.2 cm³/mol. The molecule has 0 N–H and O–H groups in total. The fourth-order valence-electron chi connectivity index (χ4n) is 2.12. The van der Waals surface area contributed by atoms with E-state index in [1.807, 2.05) is 43.5 Å². The molecule has 2 heterocycles. The summed E-state index contributed by atoms with van der Waals surface area (Å²) in [4.78, 5) is 12.3. The molecule has 96 valence electrons. The van der Waals surface area contributed by atoms with E-state index in [2.05, 4.69) is 10.2 Å². The molecule has 0 saturated carbocycles. The molecule has 0 saturated heterocycles. The summed E-state index contributed by atoms with van der Waals surface area (Å²) >= 11 is 0. The van der Waals surface area contributed by atoms with Gasteiger partial charge in [0.25, 0.3) is 5.56 Å². The van der Waals surface area contributed by atoms with Gasteiger partial charge in [0.1, 0.15) is 5.82 Å². The SMILES string of the molecule is CCc1nnc2c(=O)n(Cc3ccccc3)ccn12. The van der Waals surface area contributed by atoms with E-state index in [0.717, 1.165) is 17.8 Å². The van der Waals surface area contributed by atoms with Crippen LogP contribution >= 0.6 is 0 Å². The zero-order valence-electron chi connectivity index (χ0n) is 10.7. The van der Waals surface area contributed by atoms with Gasteiger partial charge in [-0.1, -0.05) is 37.3 Å². The normalized spacial score (nSPS) is 11.0. The van der Waals surface area contributed by atoms with Crippen LogP contribution in [0.4, 0.5) is 0 Å². The van der Waals surface area contributed by atoms with Crippen molar-refractivity contribution < 1.29 is 0 Å². The van der Waals surface area contributed by atoms with E-state index in [-0.39, 0.29) is 5.56 Å². The average Bonchev–Trinajstić information content (AvgIpc) is 2.87. The first-order chi connectivity index (χ1) is 9.29. The largest absolute Gasteiger partial charge is 0.306 e. The lowest BCUT2D eigenvalue weighted by Gasteiger charge is -2.06. The quantitative estimate of drug-likeness (QED) is 0.711. The molecule has 3 rings (SSSR count). The zero-order chi connectivity index (χ0) is 13.2. The Morgan fingerprint density at radius 1 is 1.11 bits per heavy atom. The van der Waals surface area contributed by atoms with E-state index < -0.39 is 0 Å². The topological polar surface area (TPSA) is 52.2 Å². The summed E-state index contributed by atoms with van der Waals surface area (Å²) in [7, 11) is 0. The number of hydrogen-bond acceptors (Lipinski definition) is 3. The van der Waals surface area contributed by atoms with Crippen LogP contribution in [0.25, 0.3) is 5.65 Å². The summed E-state index contributed by atoms with van der Waals surface area (Å²) in [5, 5.41) is 7.99. The van der Waals surface area contributed by atoms with Gasteiger partial charge in [-0.15, -0.1) is 10.2 Å². The highest BCUT2D eigenvalue weighted by molar-refractivity contribution is 5.35. The lowest BCUT2D eigenvalue weighted by Crippen LogP contribution is -2.22. The van der Waals surface area contributed by atoms with E-state index in [0.29, 0.717) is 12.2 Å². The molecule has 0 fully saturated rings. The molecule has 0 aliphatic carbocycles. The second-order valence-corrected chi connectivity index (χ2v) is 4.38. The van der Waals surface area contributed by atoms with Gasteiger partial charge >= 0.3 is 0 Å². The molecule has 5 nitrogen and oxygen atoms in total. The Balaban J connectivity index is 2.06. The van der Waals surface area contributed by atoms with Gasteiger partial charge < -0.3 is 4.57 Å². The molecule has 5 heteroatoms. The second-order valence-electron chi connectivity index (χ2n) is 4.38. The summed E-state index contributed by atoms with van der Waals surface area (Å²) < 4.78 is 3.41. The van der Waals surface area contributed by atoms with Crippen molar-refractivity contribution in [3.05, 3.63) is 64.5 Å². The van der Waals surface area contributed by atoms with Gasteiger partial charge in [-0.2, -0.15) is 0 Å². The Bertz CT molecular complexity index is 758. The molecule has 2 aromatic heterocycles. The van der Waals surface area contributed by atoms with E-state index in [9.17, 15) is 4.79 Å². The monoisotopic (exact) mass is 254 g/mol. The maximum Gasteiger partial charge on any atom is 0.296 e. The molecule has 0 aliphatic heterocycles. The zero-order valence-corrected chi connectivity index (χ0v) is 10.7. The molecule has 0 amide bonds. The molecule has 0 aliphatic rings. The van der Waals surface area contributed by atoms with Gasteiger partial charge in [-0.05, 0) is 5.56 Å². The van der Waals surface area contributed by atoms with Crippen molar-refractivity contribution in [2.75, 3.05) is 0 Å². The Kier molecular flexibility index (Phi) is 2.87. The van der Waals surface area contributed by atoms with Gasteiger partial charge in [0, 0.05) is 18.8 Å². The fraction of sp³-hybridized carbons (Fsp3) is 0.214. The smallest absolute Gasteiger partial charge is 0.296 e. The number of fused-ring (bicyclic) bond motifs is 1. The van der Waals surface area contributed by atoms with Gasteiger partial charge in [0.2, 0.25) is 5.65 Å². The number of hydrogen-bond donors (Lipinski definition) is 0. The van der Waals surface area contributed by atoms with Crippen molar-refractivity contribution in [3.63, 3.8) is 0 Å². The summed E-state index contributed by atoms with van der Waals surface area (Å²) in [6, 6.07) is 9.88. The fourth-order valence-corrected chi connectivity index (χ4v) is 2.12. The van der Waals surface area contributed by atoms with Crippen LogP contribution in [0.5, 0.6) is 0 Å². The highest BCUT2D eigenvalue weighted by atomic mass is 16.1. The lowest BCUT2D eigenvalue weighted by atomic mass is 10.2. The van der Waals surface area contributed by atoms with Crippen molar-refractivity contribution in [3.8, 4) is 0 Å². The average molecular weight is 254 g/mol. The van der Waals surface area contributed by atoms with Gasteiger partial charge in [0.15, 0.2) is 0 Å². The van der Waals surface area contributed by atoms with Crippen LogP contribution in [0.15, 0.2) is 47.5 Å². The Morgan fingerprint density at radius 3 is 2.63 bits per heavy atom. The summed E-state index contributed by atoms with van der Waals surface area (Å²) in [6.07, 6.45) is 4.38. The third-order valence-corrected chi connectivity index (χ3v) is 3.13. The van der Waals surface area contributed by atoms with Crippen LogP contribution in [0.2, 0.25) is 0 Å². The first kappa shape index (κ1) is 11.6. The first-order valence-corrected chi connectivity index (χ1v) is 6.26. The lowest BCUT2D eigenvalue weighted by molar-refractivity contribution is 0.747.